The van der Waals surface area contributed by atoms with Gasteiger partial charge in [-0.3, -0.25) is 0 Å². The molecule has 0 spiro atoms. The van der Waals surface area contributed by atoms with E-state index >= 15 is 0 Å². The van der Waals surface area contributed by atoms with Crippen molar-refractivity contribution in [1.29, 1.82) is 0 Å². The van der Waals surface area contributed by atoms with E-state index in [1.54, 1.807) is 0 Å². The molecule has 0 aliphatic carbocycles. The number of carboxylic acid groups (broad SMARTS) is 3. The smallest absolute Gasteiger partial charge is 0.550 e. The van der Waals surface area contributed by atoms with Crippen LogP contribution in [0.15, 0.2) is 0 Å². The van der Waals surface area contributed by atoms with Gasteiger partial charge in [-0.15, -0.1) is 0 Å². The Labute approximate surface area is 453 Å². The second-order valence-corrected chi connectivity index (χ2v) is 20.3. The zero-order valence-corrected chi connectivity index (χ0v) is 48.8. The van der Waals surface area contributed by atoms with Crippen LogP contribution in [-0.4, -0.2) is 17.9 Å². The van der Waals surface area contributed by atoms with Gasteiger partial charge in [-0.05, 0) is 38.5 Å². The van der Waals surface area contributed by atoms with E-state index in [2.05, 4.69) is 20.8 Å². The second-order valence-electron chi connectivity index (χ2n) is 20.3. The molecular weight excluding hydrogens is 957 g/mol. The van der Waals surface area contributed by atoms with Gasteiger partial charge < -0.3 is 29.7 Å². The zero-order chi connectivity index (χ0) is 48.9. The van der Waals surface area contributed by atoms with E-state index in [0.29, 0.717) is 0 Å². The second kappa shape index (κ2) is 70.0. The predicted octanol–water partition coefficient (Wildman–Crippen LogP) is 17.3. The molecule has 1 radical (unpaired) electrons. The predicted molar refractivity (Wildman–Crippen MR) is 281 cm³/mol. The Morgan fingerprint density at radius 1 is 0.194 bits per heavy atom. The summed E-state index contributed by atoms with van der Waals surface area (Å²) >= 11 is 0. The molecule has 0 N–H and O–H groups in total. The molecule has 0 atom stereocenters. The monoisotopic (exact) mass is 1070 g/mol. The van der Waals surface area contributed by atoms with Gasteiger partial charge in [0.05, 0.1) is 0 Å². The molecule has 397 valence electrons. The Morgan fingerprint density at radius 2 is 0.284 bits per heavy atom. The van der Waals surface area contributed by atoms with Gasteiger partial charge in [0.1, 0.15) is 0 Å². The molecule has 0 aromatic rings. The quantitative estimate of drug-likeness (QED) is 0.0560. The fourth-order valence-corrected chi connectivity index (χ4v) is 8.98. The molecule has 67 heavy (non-hydrogen) atoms. The van der Waals surface area contributed by atoms with E-state index in [4.69, 9.17) is 0 Å². The Balaban J connectivity index is -0.000000441. The van der Waals surface area contributed by atoms with Crippen molar-refractivity contribution >= 4 is 17.9 Å². The van der Waals surface area contributed by atoms with Gasteiger partial charge in [-0.1, -0.05) is 329 Å². The molecule has 0 fully saturated rings. The van der Waals surface area contributed by atoms with Crippen LogP contribution in [0.5, 0.6) is 0 Å². The van der Waals surface area contributed by atoms with Gasteiger partial charge in [0.15, 0.2) is 0 Å². The van der Waals surface area contributed by atoms with Gasteiger partial charge in [-0.2, -0.15) is 0 Å². The summed E-state index contributed by atoms with van der Waals surface area (Å²) in [7, 11) is 0. The number of carbonyl (C=O) groups is 3. The molecule has 0 rings (SSSR count). The summed E-state index contributed by atoms with van der Waals surface area (Å²) in [6.07, 6.45) is 68.4. The Hall–Kier alpha value is -0.213. The number of carboxylic acids is 3. The first kappa shape index (κ1) is 73.3. The molecule has 0 aliphatic heterocycles. The minimum Gasteiger partial charge on any atom is -0.550 e. The zero-order valence-electron chi connectivity index (χ0n) is 45.6. The number of unbranched alkanes of at least 4 members (excludes halogenated alkanes) is 48. The normalized spacial score (nSPS) is 10.8. The molecule has 0 saturated carbocycles. The summed E-state index contributed by atoms with van der Waals surface area (Å²) in [6, 6.07) is 0. The van der Waals surface area contributed by atoms with Crippen LogP contribution in [0.4, 0.5) is 0 Å². The minimum absolute atomic E-state index is 0. The third-order valence-electron chi connectivity index (χ3n) is 13.5. The summed E-state index contributed by atoms with van der Waals surface area (Å²) < 4.78 is 0. The topological polar surface area (TPSA) is 120 Å². The summed E-state index contributed by atoms with van der Waals surface area (Å²) in [5.74, 6) is -2.71. The Morgan fingerprint density at radius 3 is 0.373 bits per heavy atom. The number of hydrogen-bond donors (Lipinski definition) is 0. The van der Waals surface area contributed by atoms with Crippen molar-refractivity contribution < 1.29 is 71.5 Å². The first-order valence-corrected chi connectivity index (χ1v) is 29.9. The number of hydrogen-bond acceptors (Lipinski definition) is 6. The van der Waals surface area contributed by atoms with Crippen LogP contribution in [0.2, 0.25) is 0 Å². The van der Waals surface area contributed by atoms with Crippen molar-refractivity contribution in [2.24, 2.45) is 0 Å². The van der Waals surface area contributed by atoms with Crippen molar-refractivity contribution in [1.82, 2.24) is 0 Å². The molecule has 0 unspecified atom stereocenters. The van der Waals surface area contributed by atoms with Crippen LogP contribution in [0.1, 0.15) is 367 Å². The van der Waals surface area contributed by atoms with Crippen molar-refractivity contribution in [2.75, 3.05) is 0 Å². The fraction of sp³-hybridized carbons (Fsp3) is 0.950. The van der Waals surface area contributed by atoms with Crippen molar-refractivity contribution in [2.45, 2.75) is 367 Å². The first-order valence-electron chi connectivity index (χ1n) is 29.9. The summed E-state index contributed by atoms with van der Waals surface area (Å²) in [4.78, 5) is 30.7. The van der Waals surface area contributed by atoms with Crippen LogP contribution in [0.3, 0.4) is 0 Å². The average molecular weight is 1070 g/mol. The van der Waals surface area contributed by atoms with Gasteiger partial charge in [0, 0.05) is 17.9 Å². The van der Waals surface area contributed by atoms with Crippen LogP contribution < -0.4 is 15.3 Å². The van der Waals surface area contributed by atoms with E-state index in [0.717, 1.165) is 38.5 Å². The molecule has 0 aliphatic rings. The number of rotatable bonds is 54. The molecule has 0 heterocycles. The summed E-state index contributed by atoms with van der Waals surface area (Å²) in [5.41, 5.74) is 0. The van der Waals surface area contributed by atoms with Crippen molar-refractivity contribution in [3.05, 3.63) is 0 Å². The summed E-state index contributed by atoms with van der Waals surface area (Å²) in [6.45, 7) is 6.82. The maximum atomic E-state index is 10.2. The molecule has 0 amide bonds. The molecule has 0 aromatic carbocycles. The van der Waals surface area contributed by atoms with Gasteiger partial charge in [-0.25, -0.2) is 0 Å². The number of carbonyl (C=O) groups excluding carboxylic acids is 3. The first-order chi connectivity index (χ1) is 32.3. The molecule has 0 saturated heterocycles. The van der Waals surface area contributed by atoms with Crippen molar-refractivity contribution in [3.63, 3.8) is 0 Å². The minimum atomic E-state index is -0.902. The van der Waals surface area contributed by atoms with E-state index in [9.17, 15) is 29.7 Å². The molecule has 6 nitrogen and oxygen atoms in total. The molecule has 7 heteroatoms. The third kappa shape index (κ3) is 83.0. The maximum Gasteiger partial charge on any atom is 3.00 e. The maximum absolute atomic E-state index is 10.2. The van der Waals surface area contributed by atoms with Gasteiger partial charge >= 0.3 is 41.7 Å². The molecular formula is C60H117CeO6. The SMILES string of the molecule is CCCCCCCCCCCCCCCCCCCC(=O)[O-].CCCCCCCCCCCCCCCCCCCC(=O)[O-].CCCCCCCCCCCCCCCCCCCC(=O)[O-].[Ce+3]. The largest absolute Gasteiger partial charge is 3.00 e. The molecule has 0 aromatic heterocycles. The van der Waals surface area contributed by atoms with Crippen LogP contribution in [0.25, 0.3) is 0 Å². The average Bonchev–Trinajstić information content (AvgIpc) is 3.29. The van der Waals surface area contributed by atoms with E-state index in [-0.39, 0.29) is 61.0 Å². The van der Waals surface area contributed by atoms with Crippen molar-refractivity contribution in [3.8, 4) is 0 Å². The third-order valence-corrected chi connectivity index (χ3v) is 13.5. The van der Waals surface area contributed by atoms with Crippen LogP contribution in [-0.2, 0) is 14.4 Å². The van der Waals surface area contributed by atoms with Crippen LogP contribution in [0, 0.1) is 41.7 Å². The standard InChI is InChI=1S/3C20H40O2.Ce/c3*1-2-3-4-5-6-7-8-9-10-11-12-13-14-15-16-17-18-19-20(21)22;/h3*2-19H2,1H3,(H,21,22);/q;;;+3/p-3. The van der Waals surface area contributed by atoms with Gasteiger partial charge in [0.2, 0.25) is 0 Å². The van der Waals surface area contributed by atoms with Crippen LogP contribution >= 0.6 is 0 Å². The summed E-state index contributed by atoms with van der Waals surface area (Å²) in [5, 5.41) is 30.7. The van der Waals surface area contributed by atoms with E-state index < -0.39 is 17.9 Å². The molecule has 0 bridgehead atoms. The van der Waals surface area contributed by atoms with E-state index in [1.807, 2.05) is 0 Å². The number of aliphatic carboxylic acids is 3. The van der Waals surface area contributed by atoms with Gasteiger partial charge in [0.25, 0.3) is 0 Å². The Bertz CT molecular complexity index is 799. The Kier molecular flexibility index (Phi) is 76.7. The fourth-order valence-electron chi connectivity index (χ4n) is 8.98. The van der Waals surface area contributed by atoms with E-state index in [1.165, 1.54) is 289 Å².